The lowest BCUT2D eigenvalue weighted by molar-refractivity contribution is 0.319. The largest absolute Gasteiger partial charge is 0.493 e. The van der Waals surface area contributed by atoms with E-state index in [4.69, 9.17) is 9.15 Å². The smallest absolute Gasteiger partial charge is 0.200 e. The summed E-state index contributed by atoms with van der Waals surface area (Å²) in [6, 6.07) is 12.7. The number of rotatable bonds is 4. The molecule has 0 aliphatic carbocycles. The van der Waals surface area contributed by atoms with Crippen LogP contribution in [0.4, 0.5) is 0 Å². The molecule has 102 valence electrons. The van der Waals surface area contributed by atoms with Crippen LogP contribution in [0, 0.1) is 0 Å². The Balaban J connectivity index is 2.10. The van der Waals surface area contributed by atoms with Crippen molar-refractivity contribution < 1.29 is 9.15 Å². The van der Waals surface area contributed by atoms with Crippen molar-refractivity contribution in [2.45, 2.75) is 6.42 Å². The van der Waals surface area contributed by atoms with Crippen LogP contribution in [0.2, 0.25) is 0 Å². The average molecular weight is 380 g/mol. The Bertz CT molecular complexity index is 808. The monoisotopic (exact) mass is 380 g/mol. The maximum absolute atomic E-state index is 12.4. The van der Waals surface area contributed by atoms with Crippen LogP contribution in [0.5, 0.6) is 5.75 Å². The van der Waals surface area contributed by atoms with Crippen LogP contribution < -0.4 is 10.2 Å². The van der Waals surface area contributed by atoms with Crippen LogP contribution in [0.15, 0.2) is 51.7 Å². The van der Waals surface area contributed by atoms with E-state index in [0.29, 0.717) is 28.5 Å². The molecule has 2 aromatic carbocycles. The maximum Gasteiger partial charge on any atom is 0.200 e. The Labute approximate surface area is 129 Å². The molecule has 0 spiro atoms. The molecular weight excluding hydrogens is 367 g/mol. The SMILES string of the molecule is O=c1c2ccccc2oc2cc(OCCCI)ccc12. The first kappa shape index (κ1) is 13.4. The number of hydrogen-bond acceptors (Lipinski definition) is 3. The minimum absolute atomic E-state index is 0.000613. The van der Waals surface area contributed by atoms with E-state index in [0.717, 1.165) is 16.6 Å². The molecule has 0 aliphatic rings. The van der Waals surface area contributed by atoms with Crippen LogP contribution in [0.3, 0.4) is 0 Å². The van der Waals surface area contributed by atoms with E-state index in [2.05, 4.69) is 22.6 Å². The minimum Gasteiger partial charge on any atom is -0.493 e. The van der Waals surface area contributed by atoms with Crippen LogP contribution in [0.1, 0.15) is 6.42 Å². The fourth-order valence-electron chi connectivity index (χ4n) is 2.12. The summed E-state index contributed by atoms with van der Waals surface area (Å²) in [6.45, 7) is 0.673. The van der Waals surface area contributed by atoms with Gasteiger partial charge in [-0.3, -0.25) is 4.79 Å². The Hall–Kier alpha value is -1.56. The maximum atomic E-state index is 12.4. The van der Waals surface area contributed by atoms with Crippen molar-refractivity contribution in [3.05, 3.63) is 52.7 Å². The summed E-state index contributed by atoms with van der Waals surface area (Å²) in [5.74, 6) is 0.737. The van der Waals surface area contributed by atoms with Gasteiger partial charge in [0.15, 0.2) is 0 Å². The highest BCUT2D eigenvalue weighted by Gasteiger charge is 2.08. The second-order valence-corrected chi connectivity index (χ2v) is 5.56. The van der Waals surface area contributed by atoms with Crippen molar-refractivity contribution in [3.63, 3.8) is 0 Å². The molecule has 3 rings (SSSR count). The molecule has 0 atom stereocenters. The van der Waals surface area contributed by atoms with Crippen molar-refractivity contribution in [1.82, 2.24) is 0 Å². The van der Waals surface area contributed by atoms with Gasteiger partial charge in [0, 0.05) is 10.5 Å². The standard InChI is InChI=1S/C16H13IO3/c17-8-3-9-19-11-6-7-13-15(10-11)20-14-5-2-1-4-12(14)16(13)18/h1-2,4-7,10H,3,8-9H2. The van der Waals surface area contributed by atoms with Crippen molar-refractivity contribution in [3.8, 4) is 5.75 Å². The lowest BCUT2D eigenvalue weighted by Crippen LogP contribution is -2.02. The van der Waals surface area contributed by atoms with E-state index in [-0.39, 0.29) is 5.43 Å². The van der Waals surface area contributed by atoms with Crippen molar-refractivity contribution in [1.29, 1.82) is 0 Å². The summed E-state index contributed by atoms with van der Waals surface area (Å²) >= 11 is 2.32. The molecule has 0 saturated heterocycles. The van der Waals surface area contributed by atoms with Gasteiger partial charge in [-0.15, -0.1) is 0 Å². The highest BCUT2D eigenvalue weighted by atomic mass is 127. The fraction of sp³-hybridized carbons (Fsp3) is 0.188. The van der Waals surface area contributed by atoms with Crippen LogP contribution in [-0.2, 0) is 0 Å². The molecule has 0 aliphatic heterocycles. The highest BCUT2D eigenvalue weighted by molar-refractivity contribution is 14.1. The minimum atomic E-state index is 0.000613. The molecule has 0 N–H and O–H groups in total. The molecule has 1 aromatic heterocycles. The summed E-state index contributed by atoms with van der Waals surface area (Å²) < 4.78 is 12.5. The highest BCUT2D eigenvalue weighted by Crippen LogP contribution is 2.22. The first-order valence-electron chi connectivity index (χ1n) is 6.44. The zero-order valence-corrected chi connectivity index (χ0v) is 12.9. The first-order chi connectivity index (χ1) is 9.79. The molecule has 0 saturated carbocycles. The molecule has 0 bridgehead atoms. The molecule has 3 nitrogen and oxygen atoms in total. The number of fused-ring (bicyclic) bond motifs is 2. The molecule has 20 heavy (non-hydrogen) atoms. The lowest BCUT2D eigenvalue weighted by atomic mass is 10.1. The summed E-state index contributed by atoms with van der Waals surface area (Å²) in [5.41, 5.74) is 1.18. The molecule has 0 unspecified atom stereocenters. The fourth-order valence-corrected chi connectivity index (χ4v) is 2.43. The molecule has 3 aromatic rings. The third-order valence-electron chi connectivity index (χ3n) is 3.10. The second-order valence-electron chi connectivity index (χ2n) is 4.48. The van der Waals surface area contributed by atoms with E-state index >= 15 is 0 Å². The van der Waals surface area contributed by atoms with Crippen molar-refractivity contribution in [2.24, 2.45) is 0 Å². The Morgan fingerprint density at radius 3 is 2.70 bits per heavy atom. The quantitative estimate of drug-likeness (QED) is 0.296. The normalized spacial score (nSPS) is 11.1. The zero-order valence-electron chi connectivity index (χ0n) is 10.8. The first-order valence-corrected chi connectivity index (χ1v) is 7.96. The average Bonchev–Trinajstić information content (AvgIpc) is 2.48. The van der Waals surface area contributed by atoms with Crippen LogP contribution in [0.25, 0.3) is 21.9 Å². The molecule has 0 radical (unpaired) electrons. The summed E-state index contributed by atoms with van der Waals surface area (Å²) in [7, 11) is 0. The Morgan fingerprint density at radius 1 is 1.05 bits per heavy atom. The van der Waals surface area contributed by atoms with Gasteiger partial charge in [-0.05, 0) is 30.7 Å². The number of hydrogen-bond donors (Lipinski definition) is 0. The second kappa shape index (κ2) is 5.83. The van der Waals surface area contributed by atoms with Gasteiger partial charge < -0.3 is 9.15 Å². The van der Waals surface area contributed by atoms with Crippen LogP contribution in [-0.4, -0.2) is 11.0 Å². The predicted octanol–water partition coefficient (Wildman–Crippen LogP) is 4.15. The van der Waals surface area contributed by atoms with Gasteiger partial charge in [0.2, 0.25) is 5.43 Å². The van der Waals surface area contributed by atoms with Gasteiger partial charge in [0.05, 0.1) is 17.4 Å². The molecule has 4 heteroatoms. The zero-order chi connectivity index (χ0) is 13.9. The molecule has 0 amide bonds. The third-order valence-corrected chi connectivity index (χ3v) is 3.86. The van der Waals surface area contributed by atoms with E-state index in [9.17, 15) is 4.79 Å². The number of para-hydroxylation sites is 1. The van der Waals surface area contributed by atoms with Gasteiger partial charge in [-0.25, -0.2) is 0 Å². The van der Waals surface area contributed by atoms with Gasteiger partial charge in [0.25, 0.3) is 0 Å². The number of alkyl halides is 1. The summed E-state index contributed by atoms with van der Waals surface area (Å²) in [6.07, 6.45) is 1.00. The molecule has 1 heterocycles. The molecular formula is C16H13IO3. The topological polar surface area (TPSA) is 39.4 Å². The third kappa shape index (κ3) is 2.52. The predicted molar refractivity (Wildman–Crippen MR) is 89.0 cm³/mol. The van der Waals surface area contributed by atoms with E-state index < -0.39 is 0 Å². The van der Waals surface area contributed by atoms with Gasteiger partial charge in [-0.2, -0.15) is 0 Å². The van der Waals surface area contributed by atoms with Crippen molar-refractivity contribution in [2.75, 3.05) is 11.0 Å². The van der Waals surface area contributed by atoms with Crippen LogP contribution >= 0.6 is 22.6 Å². The van der Waals surface area contributed by atoms with Gasteiger partial charge >= 0.3 is 0 Å². The van der Waals surface area contributed by atoms with Crippen molar-refractivity contribution >= 4 is 44.5 Å². The van der Waals surface area contributed by atoms with E-state index in [1.54, 1.807) is 24.3 Å². The summed E-state index contributed by atoms with van der Waals surface area (Å²) in [5, 5.41) is 1.20. The van der Waals surface area contributed by atoms with Gasteiger partial charge in [0.1, 0.15) is 16.9 Å². The van der Waals surface area contributed by atoms with Gasteiger partial charge in [-0.1, -0.05) is 34.7 Å². The Kier molecular flexibility index (Phi) is 3.91. The number of benzene rings is 2. The summed E-state index contributed by atoms with van der Waals surface area (Å²) in [4.78, 5) is 12.4. The van der Waals surface area contributed by atoms with E-state index in [1.165, 1.54) is 0 Å². The number of halogens is 1. The number of ether oxygens (including phenoxy) is 1. The molecule has 0 fully saturated rings. The Morgan fingerprint density at radius 2 is 1.85 bits per heavy atom. The van der Waals surface area contributed by atoms with E-state index in [1.807, 2.05) is 18.2 Å². The lowest BCUT2D eigenvalue weighted by Gasteiger charge is -2.06.